The van der Waals surface area contributed by atoms with Crippen LogP contribution in [0, 0.1) is 0 Å². The van der Waals surface area contributed by atoms with Crippen molar-refractivity contribution < 1.29 is 5.11 Å². The molecule has 0 aliphatic heterocycles. The van der Waals surface area contributed by atoms with Crippen LogP contribution in [0.1, 0.15) is 65.0 Å². The van der Waals surface area contributed by atoms with E-state index >= 15 is 0 Å². The maximum Gasteiger partial charge on any atom is 0.225 e. The van der Waals surface area contributed by atoms with Crippen LogP contribution in [0.3, 0.4) is 0 Å². The van der Waals surface area contributed by atoms with Crippen LogP contribution in [-0.2, 0) is 0 Å². The molecular formula is C19H29N5O. The van der Waals surface area contributed by atoms with E-state index in [0.29, 0.717) is 17.9 Å². The summed E-state index contributed by atoms with van der Waals surface area (Å²) in [6.45, 7) is 8.48. The number of aromatic nitrogens is 3. The van der Waals surface area contributed by atoms with Gasteiger partial charge in [-0.25, -0.2) is 4.98 Å². The van der Waals surface area contributed by atoms with Crippen LogP contribution in [0.25, 0.3) is 10.9 Å². The lowest BCUT2D eigenvalue weighted by atomic mass is 9.93. The highest BCUT2D eigenvalue weighted by molar-refractivity contribution is 5.90. The second kappa shape index (κ2) is 7.52. The average Bonchev–Trinajstić information content (AvgIpc) is 2.56. The summed E-state index contributed by atoms with van der Waals surface area (Å²) < 4.78 is 0. The first kappa shape index (κ1) is 17.9. The number of hydrogen-bond acceptors (Lipinski definition) is 6. The topological polar surface area (TPSA) is 83.0 Å². The first-order chi connectivity index (χ1) is 11.9. The van der Waals surface area contributed by atoms with Crippen molar-refractivity contribution in [2.75, 3.05) is 10.6 Å². The van der Waals surface area contributed by atoms with E-state index in [1.807, 2.05) is 6.20 Å². The standard InChI is InChI=1S/C19H29N5O/c1-11(2)16-9-15-17(10-20-16)23-19(24-18(15)21-12(3)4)22-13-5-7-14(25)8-6-13/h9-14,25H,5-8H2,1-4H3,(H2,21,22,23,24). The zero-order valence-corrected chi connectivity index (χ0v) is 15.6. The lowest BCUT2D eigenvalue weighted by Gasteiger charge is -2.26. The number of nitrogens with one attached hydrogen (secondary N) is 2. The predicted molar refractivity (Wildman–Crippen MR) is 102 cm³/mol. The second-order valence-corrected chi connectivity index (χ2v) is 7.63. The molecule has 0 radical (unpaired) electrons. The molecule has 2 aromatic heterocycles. The van der Waals surface area contributed by atoms with E-state index in [-0.39, 0.29) is 12.1 Å². The Morgan fingerprint density at radius 2 is 1.80 bits per heavy atom. The molecule has 0 aromatic carbocycles. The van der Waals surface area contributed by atoms with Crippen molar-refractivity contribution in [2.45, 2.75) is 77.5 Å². The molecule has 1 saturated carbocycles. The summed E-state index contributed by atoms with van der Waals surface area (Å²) in [6, 6.07) is 2.69. The molecule has 0 spiro atoms. The van der Waals surface area contributed by atoms with E-state index in [4.69, 9.17) is 4.98 Å². The van der Waals surface area contributed by atoms with E-state index in [0.717, 1.165) is 48.1 Å². The molecule has 1 aliphatic carbocycles. The molecule has 1 aliphatic rings. The lowest BCUT2D eigenvalue weighted by molar-refractivity contribution is 0.126. The zero-order chi connectivity index (χ0) is 18.0. The summed E-state index contributed by atoms with van der Waals surface area (Å²) in [6.07, 6.45) is 5.24. The molecule has 25 heavy (non-hydrogen) atoms. The van der Waals surface area contributed by atoms with Crippen molar-refractivity contribution in [1.29, 1.82) is 0 Å². The van der Waals surface area contributed by atoms with Crippen LogP contribution in [0.2, 0.25) is 0 Å². The number of rotatable bonds is 5. The van der Waals surface area contributed by atoms with Gasteiger partial charge in [-0.1, -0.05) is 13.8 Å². The van der Waals surface area contributed by atoms with Crippen molar-refractivity contribution in [3.8, 4) is 0 Å². The largest absolute Gasteiger partial charge is 0.393 e. The normalized spacial score (nSPS) is 21.1. The van der Waals surface area contributed by atoms with Gasteiger partial charge in [0.2, 0.25) is 5.95 Å². The summed E-state index contributed by atoms with van der Waals surface area (Å²) in [5, 5.41) is 17.6. The molecule has 0 unspecified atom stereocenters. The number of fused-ring (bicyclic) bond motifs is 1. The third-order valence-electron chi connectivity index (χ3n) is 4.65. The molecule has 0 amide bonds. The summed E-state index contributed by atoms with van der Waals surface area (Å²) in [4.78, 5) is 13.9. The van der Waals surface area contributed by atoms with Gasteiger partial charge < -0.3 is 15.7 Å². The molecule has 0 bridgehead atoms. The molecule has 2 heterocycles. The van der Waals surface area contributed by atoms with Gasteiger partial charge in [-0.2, -0.15) is 4.98 Å². The molecule has 0 atom stereocenters. The molecule has 6 nitrogen and oxygen atoms in total. The summed E-state index contributed by atoms with van der Waals surface area (Å²) >= 11 is 0. The van der Waals surface area contributed by atoms with Gasteiger partial charge in [-0.3, -0.25) is 4.98 Å². The van der Waals surface area contributed by atoms with E-state index in [1.165, 1.54) is 0 Å². The number of hydrogen-bond donors (Lipinski definition) is 3. The SMILES string of the molecule is CC(C)Nc1nc(NC2CCC(O)CC2)nc2cnc(C(C)C)cc12. The molecular weight excluding hydrogens is 314 g/mol. The minimum Gasteiger partial charge on any atom is -0.393 e. The molecule has 136 valence electrons. The number of pyridine rings is 1. The van der Waals surface area contributed by atoms with Crippen LogP contribution >= 0.6 is 0 Å². The average molecular weight is 343 g/mol. The van der Waals surface area contributed by atoms with E-state index in [1.54, 1.807) is 0 Å². The summed E-state index contributed by atoms with van der Waals surface area (Å²) in [5.41, 5.74) is 1.89. The smallest absolute Gasteiger partial charge is 0.225 e. The van der Waals surface area contributed by atoms with Crippen molar-refractivity contribution >= 4 is 22.7 Å². The third kappa shape index (κ3) is 4.37. The van der Waals surface area contributed by atoms with Crippen LogP contribution in [0.4, 0.5) is 11.8 Å². The summed E-state index contributed by atoms with van der Waals surface area (Å²) in [5.74, 6) is 1.85. The molecule has 3 rings (SSSR count). The number of anilines is 2. The third-order valence-corrected chi connectivity index (χ3v) is 4.65. The van der Waals surface area contributed by atoms with E-state index in [9.17, 15) is 5.11 Å². The highest BCUT2D eigenvalue weighted by Crippen LogP contribution is 2.27. The summed E-state index contributed by atoms with van der Waals surface area (Å²) in [7, 11) is 0. The molecule has 1 fully saturated rings. The molecule has 3 N–H and O–H groups in total. The number of aliphatic hydroxyl groups excluding tert-OH is 1. The minimum atomic E-state index is -0.160. The van der Waals surface area contributed by atoms with E-state index < -0.39 is 0 Å². The van der Waals surface area contributed by atoms with Gasteiger partial charge in [0.05, 0.1) is 17.8 Å². The Morgan fingerprint density at radius 3 is 2.44 bits per heavy atom. The zero-order valence-electron chi connectivity index (χ0n) is 15.6. The first-order valence-corrected chi connectivity index (χ1v) is 9.31. The fourth-order valence-corrected chi connectivity index (χ4v) is 3.21. The Labute approximate surface area is 149 Å². The number of nitrogens with zero attached hydrogens (tertiary/aromatic N) is 3. The highest BCUT2D eigenvalue weighted by Gasteiger charge is 2.20. The van der Waals surface area contributed by atoms with Gasteiger partial charge in [-0.05, 0) is 51.5 Å². The molecule has 6 heteroatoms. The van der Waals surface area contributed by atoms with E-state index in [2.05, 4.69) is 54.4 Å². The van der Waals surface area contributed by atoms with Gasteiger partial charge in [0.1, 0.15) is 5.82 Å². The van der Waals surface area contributed by atoms with Gasteiger partial charge in [0.25, 0.3) is 0 Å². The Bertz CT molecular complexity index is 723. The second-order valence-electron chi connectivity index (χ2n) is 7.63. The fourth-order valence-electron chi connectivity index (χ4n) is 3.21. The van der Waals surface area contributed by atoms with Crippen molar-refractivity contribution in [2.24, 2.45) is 0 Å². The molecule has 0 saturated heterocycles. The van der Waals surface area contributed by atoms with Crippen LogP contribution < -0.4 is 10.6 Å². The minimum absolute atomic E-state index is 0.160. The monoisotopic (exact) mass is 343 g/mol. The van der Waals surface area contributed by atoms with Gasteiger partial charge in [0.15, 0.2) is 0 Å². The fraction of sp³-hybridized carbons (Fsp3) is 0.632. The van der Waals surface area contributed by atoms with Gasteiger partial charge >= 0.3 is 0 Å². The van der Waals surface area contributed by atoms with Crippen LogP contribution in [-0.4, -0.2) is 38.2 Å². The van der Waals surface area contributed by atoms with Crippen molar-refractivity contribution in [3.63, 3.8) is 0 Å². The van der Waals surface area contributed by atoms with Crippen molar-refractivity contribution in [1.82, 2.24) is 15.0 Å². The van der Waals surface area contributed by atoms with Crippen molar-refractivity contribution in [3.05, 3.63) is 18.0 Å². The van der Waals surface area contributed by atoms with Crippen LogP contribution in [0.5, 0.6) is 0 Å². The van der Waals surface area contributed by atoms with Gasteiger partial charge in [0, 0.05) is 23.2 Å². The van der Waals surface area contributed by atoms with Crippen LogP contribution in [0.15, 0.2) is 12.3 Å². The Kier molecular flexibility index (Phi) is 5.37. The first-order valence-electron chi connectivity index (χ1n) is 9.31. The maximum atomic E-state index is 9.67. The Hall–Kier alpha value is -1.95. The Balaban J connectivity index is 1.92. The predicted octanol–water partition coefficient (Wildman–Crippen LogP) is 3.68. The number of aliphatic hydroxyl groups is 1. The quantitative estimate of drug-likeness (QED) is 0.768. The highest BCUT2D eigenvalue weighted by atomic mass is 16.3. The Morgan fingerprint density at radius 1 is 1.08 bits per heavy atom. The maximum absolute atomic E-state index is 9.67. The lowest BCUT2D eigenvalue weighted by Crippen LogP contribution is -2.29. The molecule has 2 aromatic rings. The van der Waals surface area contributed by atoms with Gasteiger partial charge in [-0.15, -0.1) is 0 Å².